The Morgan fingerprint density at radius 3 is 2.67 bits per heavy atom. The molecule has 0 atom stereocenters. The van der Waals surface area contributed by atoms with Crippen LogP contribution in [0.15, 0.2) is 47.2 Å². The van der Waals surface area contributed by atoms with E-state index in [1.54, 1.807) is 12.4 Å². The lowest BCUT2D eigenvalue weighted by Gasteiger charge is -1.99. The lowest BCUT2D eigenvalue weighted by Crippen LogP contribution is -1.86. The molecule has 0 bridgehead atoms. The number of nitrogens with two attached hydrogens (primary N) is 1. The quantitative estimate of drug-likeness (QED) is 0.520. The zero-order valence-corrected chi connectivity index (χ0v) is 12.4. The first-order chi connectivity index (χ1) is 10.2. The van der Waals surface area contributed by atoms with Crippen LogP contribution in [0.25, 0.3) is 33.5 Å². The number of hydrogen-bond donors (Lipinski definition) is 2. The third-order valence-corrected chi connectivity index (χ3v) is 3.78. The molecule has 21 heavy (non-hydrogen) atoms. The molecule has 4 rings (SSSR count). The maximum Gasteiger partial charge on any atom is 0.138 e. The van der Waals surface area contributed by atoms with Crippen LogP contribution in [0.2, 0.25) is 0 Å². The Labute approximate surface area is 128 Å². The molecule has 0 saturated heterocycles. The highest BCUT2D eigenvalue weighted by molar-refractivity contribution is 9.10. The summed E-state index contributed by atoms with van der Waals surface area (Å²) in [7, 11) is 0. The number of H-pyrrole nitrogens is 1. The molecule has 0 aliphatic rings. The summed E-state index contributed by atoms with van der Waals surface area (Å²) in [4.78, 5) is 16.5. The lowest BCUT2D eigenvalue weighted by molar-refractivity contribution is 1.28. The van der Waals surface area contributed by atoms with Crippen molar-refractivity contribution >= 4 is 43.7 Å². The molecular formula is C15H10BrN5. The average molecular weight is 340 g/mol. The Kier molecular flexibility index (Phi) is 2.65. The molecule has 6 heteroatoms. The molecule has 0 spiro atoms. The van der Waals surface area contributed by atoms with Crippen molar-refractivity contribution in [3.63, 3.8) is 0 Å². The van der Waals surface area contributed by atoms with E-state index >= 15 is 0 Å². The minimum atomic E-state index is 0.641. The molecule has 0 unspecified atom stereocenters. The molecule has 4 aromatic rings. The van der Waals surface area contributed by atoms with Crippen molar-refractivity contribution in [1.29, 1.82) is 0 Å². The van der Waals surface area contributed by atoms with Gasteiger partial charge in [-0.1, -0.05) is 15.9 Å². The summed E-state index contributed by atoms with van der Waals surface area (Å²) in [6.07, 6.45) is 3.36. The van der Waals surface area contributed by atoms with E-state index in [9.17, 15) is 0 Å². The molecule has 0 amide bonds. The van der Waals surface area contributed by atoms with Gasteiger partial charge in [0.15, 0.2) is 0 Å². The van der Waals surface area contributed by atoms with E-state index in [1.165, 1.54) is 0 Å². The summed E-state index contributed by atoms with van der Waals surface area (Å²) in [6.45, 7) is 0. The SMILES string of the molecule is Nc1cc(Br)cc2[nH]c(-c3ccc4nccnc4c3)nc12. The molecule has 2 heterocycles. The van der Waals surface area contributed by atoms with Crippen molar-refractivity contribution in [3.05, 3.63) is 47.2 Å². The van der Waals surface area contributed by atoms with Gasteiger partial charge in [0.1, 0.15) is 11.3 Å². The van der Waals surface area contributed by atoms with Crippen LogP contribution < -0.4 is 5.73 Å². The first-order valence-corrected chi connectivity index (χ1v) is 7.16. The molecule has 0 aliphatic carbocycles. The molecule has 0 fully saturated rings. The van der Waals surface area contributed by atoms with Gasteiger partial charge in [-0.25, -0.2) is 4.98 Å². The Balaban J connectivity index is 1.93. The number of nitrogens with one attached hydrogen (secondary N) is 1. The molecular weight excluding hydrogens is 330 g/mol. The van der Waals surface area contributed by atoms with Crippen LogP contribution in [-0.2, 0) is 0 Å². The topological polar surface area (TPSA) is 80.5 Å². The van der Waals surface area contributed by atoms with Gasteiger partial charge < -0.3 is 10.7 Å². The van der Waals surface area contributed by atoms with Crippen molar-refractivity contribution < 1.29 is 0 Å². The van der Waals surface area contributed by atoms with Gasteiger partial charge in [-0.15, -0.1) is 0 Å². The van der Waals surface area contributed by atoms with E-state index in [0.29, 0.717) is 5.69 Å². The van der Waals surface area contributed by atoms with Crippen LogP contribution in [0.3, 0.4) is 0 Å². The maximum absolute atomic E-state index is 6.00. The maximum atomic E-state index is 6.00. The van der Waals surface area contributed by atoms with E-state index < -0.39 is 0 Å². The second-order valence-corrected chi connectivity index (χ2v) is 5.65. The molecule has 5 nitrogen and oxygen atoms in total. The number of halogens is 1. The Morgan fingerprint density at radius 1 is 1.00 bits per heavy atom. The number of fused-ring (bicyclic) bond motifs is 2. The number of anilines is 1. The summed E-state index contributed by atoms with van der Waals surface area (Å²) >= 11 is 3.44. The number of imidazole rings is 1. The Bertz CT molecular complexity index is 976. The number of nitrogens with zero attached hydrogens (tertiary/aromatic N) is 3. The number of nitrogen functional groups attached to an aromatic ring is 1. The third kappa shape index (κ3) is 2.04. The van der Waals surface area contributed by atoms with E-state index in [4.69, 9.17) is 5.73 Å². The summed E-state index contributed by atoms with van der Waals surface area (Å²) in [5.74, 6) is 0.766. The van der Waals surface area contributed by atoms with Crippen molar-refractivity contribution in [1.82, 2.24) is 19.9 Å². The van der Waals surface area contributed by atoms with Crippen molar-refractivity contribution in [3.8, 4) is 11.4 Å². The number of rotatable bonds is 1. The fraction of sp³-hybridized carbons (Fsp3) is 0. The van der Waals surface area contributed by atoms with Crippen LogP contribution in [0.4, 0.5) is 5.69 Å². The minimum absolute atomic E-state index is 0.641. The second kappa shape index (κ2) is 4.53. The predicted molar refractivity (Wildman–Crippen MR) is 86.7 cm³/mol. The molecule has 2 aromatic heterocycles. The minimum Gasteiger partial charge on any atom is -0.397 e. The number of benzene rings is 2. The van der Waals surface area contributed by atoms with Crippen LogP contribution in [-0.4, -0.2) is 19.9 Å². The molecule has 2 aromatic carbocycles. The summed E-state index contributed by atoms with van der Waals surface area (Å²) in [5.41, 5.74) is 11.0. The normalized spacial score (nSPS) is 11.3. The van der Waals surface area contributed by atoms with Gasteiger partial charge in [0, 0.05) is 22.4 Å². The Hall–Kier alpha value is -2.47. The summed E-state index contributed by atoms with van der Waals surface area (Å²) in [5, 5.41) is 0. The van der Waals surface area contributed by atoms with Crippen LogP contribution in [0.5, 0.6) is 0 Å². The smallest absolute Gasteiger partial charge is 0.138 e. The molecule has 0 radical (unpaired) electrons. The fourth-order valence-electron chi connectivity index (χ4n) is 2.35. The van der Waals surface area contributed by atoms with Crippen LogP contribution in [0.1, 0.15) is 0 Å². The standard InChI is InChI=1S/C15H10BrN5/c16-9-6-10(17)14-13(7-9)20-15(21-14)8-1-2-11-12(5-8)19-4-3-18-11/h1-7H,17H2,(H,20,21). The number of aromatic nitrogens is 4. The van der Waals surface area contributed by atoms with Crippen molar-refractivity contribution in [2.75, 3.05) is 5.73 Å². The van der Waals surface area contributed by atoms with Gasteiger partial charge in [0.2, 0.25) is 0 Å². The number of hydrogen-bond acceptors (Lipinski definition) is 4. The van der Waals surface area contributed by atoms with Gasteiger partial charge in [0.25, 0.3) is 0 Å². The first kappa shape index (κ1) is 12.3. The van der Waals surface area contributed by atoms with Gasteiger partial charge in [0.05, 0.1) is 22.2 Å². The average Bonchev–Trinajstić information content (AvgIpc) is 2.91. The Morgan fingerprint density at radius 2 is 1.81 bits per heavy atom. The molecule has 0 aliphatic heterocycles. The molecule has 102 valence electrons. The van der Waals surface area contributed by atoms with Gasteiger partial charge >= 0.3 is 0 Å². The largest absolute Gasteiger partial charge is 0.397 e. The van der Waals surface area contributed by atoms with E-state index in [0.717, 1.165) is 37.9 Å². The molecule has 3 N–H and O–H groups in total. The van der Waals surface area contributed by atoms with E-state index in [-0.39, 0.29) is 0 Å². The van der Waals surface area contributed by atoms with Crippen LogP contribution in [0, 0.1) is 0 Å². The zero-order chi connectivity index (χ0) is 14.4. The van der Waals surface area contributed by atoms with Crippen LogP contribution >= 0.6 is 15.9 Å². The first-order valence-electron chi connectivity index (χ1n) is 6.36. The van der Waals surface area contributed by atoms with Gasteiger partial charge in [-0.05, 0) is 30.3 Å². The van der Waals surface area contributed by atoms with E-state index in [2.05, 4.69) is 35.9 Å². The highest BCUT2D eigenvalue weighted by atomic mass is 79.9. The third-order valence-electron chi connectivity index (χ3n) is 3.32. The lowest BCUT2D eigenvalue weighted by atomic mass is 10.2. The zero-order valence-electron chi connectivity index (χ0n) is 10.8. The van der Waals surface area contributed by atoms with E-state index in [1.807, 2.05) is 30.3 Å². The predicted octanol–water partition coefficient (Wildman–Crippen LogP) is 3.52. The summed E-state index contributed by atoms with van der Waals surface area (Å²) in [6, 6.07) is 9.68. The second-order valence-electron chi connectivity index (χ2n) is 4.74. The van der Waals surface area contributed by atoms with Crippen molar-refractivity contribution in [2.45, 2.75) is 0 Å². The molecule has 0 saturated carbocycles. The van der Waals surface area contributed by atoms with Gasteiger partial charge in [-0.2, -0.15) is 0 Å². The highest BCUT2D eigenvalue weighted by Gasteiger charge is 2.09. The van der Waals surface area contributed by atoms with Gasteiger partial charge in [-0.3, -0.25) is 9.97 Å². The monoisotopic (exact) mass is 339 g/mol. The number of aromatic amines is 1. The summed E-state index contributed by atoms with van der Waals surface area (Å²) < 4.78 is 0.923. The fourth-order valence-corrected chi connectivity index (χ4v) is 2.83. The van der Waals surface area contributed by atoms with Crippen molar-refractivity contribution in [2.24, 2.45) is 0 Å². The highest BCUT2D eigenvalue weighted by Crippen LogP contribution is 2.28.